The number of nitrogens with zero attached hydrogens (tertiary/aromatic N) is 1. The van der Waals surface area contributed by atoms with Gasteiger partial charge in [0.25, 0.3) is 0 Å². The molecule has 2 aromatic rings. The van der Waals surface area contributed by atoms with Crippen molar-refractivity contribution in [2.45, 2.75) is 26.7 Å². The third-order valence-electron chi connectivity index (χ3n) is 4.25. The molecule has 0 saturated carbocycles. The zero-order valence-electron chi connectivity index (χ0n) is 12.2. The van der Waals surface area contributed by atoms with Crippen molar-refractivity contribution in [3.05, 3.63) is 35.6 Å². The zero-order chi connectivity index (χ0) is 14.1. The molecule has 0 radical (unpaired) electrons. The van der Waals surface area contributed by atoms with Crippen LogP contribution in [0.4, 0.5) is 0 Å². The molecule has 20 heavy (non-hydrogen) atoms. The lowest BCUT2D eigenvalue weighted by atomic mass is 10.0. The minimum Gasteiger partial charge on any atom is -0.453 e. The molecule has 1 aliphatic rings. The summed E-state index contributed by atoms with van der Waals surface area (Å²) in [5, 5.41) is 1.05. The van der Waals surface area contributed by atoms with Gasteiger partial charge in [-0.1, -0.05) is 25.1 Å². The largest absolute Gasteiger partial charge is 0.453 e. The number of ketones is 1. The van der Waals surface area contributed by atoms with Gasteiger partial charge >= 0.3 is 0 Å². The first-order valence-corrected chi connectivity index (χ1v) is 7.41. The normalized spacial score (nSPS) is 17.7. The average Bonchev–Trinajstić information content (AvgIpc) is 3.07. The molecule has 3 nitrogen and oxygen atoms in total. The van der Waals surface area contributed by atoms with E-state index in [4.69, 9.17) is 4.42 Å². The number of furan rings is 1. The Morgan fingerprint density at radius 1 is 1.30 bits per heavy atom. The Hall–Kier alpha value is -1.61. The first-order valence-electron chi connectivity index (χ1n) is 7.41. The van der Waals surface area contributed by atoms with Crippen LogP contribution in [0.3, 0.4) is 0 Å². The van der Waals surface area contributed by atoms with Crippen molar-refractivity contribution < 1.29 is 9.21 Å². The molecule has 1 aromatic heterocycles. The molecule has 0 amide bonds. The van der Waals surface area contributed by atoms with E-state index in [1.54, 1.807) is 0 Å². The van der Waals surface area contributed by atoms with E-state index in [1.165, 1.54) is 12.8 Å². The van der Waals surface area contributed by atoms with Crippen molar-refractivity contribution >= 4 is 16.8 Å². The Kier molecular flexibility index (Phi) is 3.62. The Balaban J connectivity index is 1.82. The summed E-state index contributed by atoms with van der Waals surface area (Å²) in [5.74, 6) is 0.663. The third kappa shape index (κ3) is 2.38. The van der Waals surface area contributed by atoms with Crippen molar-refractivity contribution in [3.63, 3.8) is 0 Å². The van der Waals surface area contributed by atoms with E-state index in [9.17, 15) is 4.79 Å². The summed E-state index contributed by atoms with van der Waals surface area (Å²) in [6.07, 6.45) is 2.51. The van der Waals surface area contributed by atoms with Gasteiger partial charge in [0.1, 0.15) is 5.58 Å². The summed E-state index contributed by atoms with van der Waals surface area (Å²) in [6, 6.07) is 7.85. The van der Waals surface area contributed by atoms with E-state index in [0.717, 1.165) is 36.2 Å². The number of Topliss-reactive ketones (excluding diaryl/α,β-unsaturated/α-hetero) is 1. The maximum absolute atomic E-state index is 12.6. The van der Waals surface area contributed by atoms with E-state index >= 15 is 0 Å². The molecule has 2 heterocycles. The second-order valence-corrected chi connectivity index (χ2v) is 5.83. The summed E-state index contributed by atoms with van der Waals surface area (Å²) in [6.45, 7) is 7.07. The van der Waals surface area contributed by atoms with Crippen LogP contribution >= 0.6 is 0 Å². The maximum atomic E-state index is 12.6. The predicted octanol–water partition coefficient (Wildman–Crippen LogP) is 3.66. The Bertz CT molecular complexity index is 623. The summed E-state index contributed by atoms with van der Waals surface area (Å²) < 4.78 is 5.78. The molecule has 106 valence electrons. The molecule has 1 unspecified atom stereocenters. The molecule has 3 heteroatoms. The quantitative estimate of drug-likeness (QED) is 0.796. The van der Waals surface area contributed by atoms with Crippen LogP contribution in [0.2, 0.25) is 0 Å². The molecule has 0 aliphatic carbocycles. The van der Waals surface area contributed by atoms with E-state index in [-0.39, 0.29) is 11.7 Å². The van der Waals surface area contributed by atoms with Crippen LogP contribution in [-0.4, -0.2) is 30.3 Å². The number of rotatable bonds is 4. The van der Waals surface area contributed by atoms with Crippen molar-refractivity contribution in [2.24, 2.45) is 5.92 Å². The summed E-state index contributed by atoms with van der Waals surface area (Å²) in [5.41, 5.74) is 1.78. The number of hydrogen-bond acceptors (Lipinski definition) is 3. The first-order chi connectivity index (χ1) is 9.66. The van der Waals surface area contributed by atoms with Gasteiger partial charge in [0.2, 0.25) is 5.78 Å². The van der Waals surface area contributed by atoms with Crippen molar-refractivity contribution in [3.8, 4) is 0 Å². The molecular formula is C17H21NO2. The van der Waals surface area contributed by atoms with E-state index < -0.39 is 0 Å². The van der Waals surface area contributed by atoms with Crippen LogP contribution in [0.15, 0.2) is 28.7 Å². The van der Waals surface area contributed by atoms with Crippen molar-refractivity contribution in [2.75, 3.05) is 19.6 Å². The highest BCUT2D eigenvalue weighted by atomic mass is 16.3. The Labute approximate surface area is 119 Å². The van der Waals surface area contributed by atoms with Gasteiger partial charge in [-0.15, -0.1) is 0 Å². The zero-order valence-corrected chi connectivity index (χ0v) is 12.2. The lowest BCUT2D eigenvalue weighted by Crippen LogP contribution is -2.29. The summed E-state index contributed by atoms with van der Waals surface area (Å²) in [4.78, 5) is 15.0. The van der Waals surface area contributed by atoms with Crippen LogP contribution in [0.5, 0.6) is 0 Å². The smallest absolute Gasteiger partial charge is 0.202 e. The molecule has 3 rings (SSSR count). The standard InChI is InChI=1S/C17H21NO2/c1-12(11-18-9-5-6-10-18)16(19)17-13(2)14-7-3-4-8-15(14)20-17/h3-4,7-8,12H,5-6,9-11H2,1-2H3. The summed E-state index contributed by atoms with van der Waals surface area (Å²) >= 11 is 0. The van der Waals surface area contributed by atoms with E-state index in [0.29, 0.717) is 5.76 Å². The number of carbonyl (C=O) groups excluding carboxylic acids is 1. The molecule has 0 N–H and O–H groups in total. The van der Waals surface area contributed by atoms with E-state index in [2.05, 4.69) is 4.90 Å². The second kappa shape index (κ2) is 5.41. The molecule has 1 fully saturated rings. The monoisotopic (exact) mass is 271 g/mol. The molecule has 0 spiro atoms. The highest BCUT2D eigenvalue weighted by Gasteiger charge is 2.25. The van der Waals surface area contributed by atoms with Gasteiger partial charge in [-0.3, -0.25) is 4.79 Å². The van der Waals surface area contributed by atoms with Gasteiger partial charge in [-0.2, -0.15) is 0 Å². The van der Waals surface area contributed by atoms with E-state index in [1.807, 2.05) is 38.1 Å². The highest BCUT2D eigenvalue weighted by molar-refractivity contribution is 6.01. The molecular weight excluding hydrogens is 250 g/mol. The van der Waals surface area contributed by atoms with Crippen molar-refractivity contribution in [1.29, 1.82) is 0 Å². The minimum atomic E-state index is -0.00707. The fraction of sp³-hybridized carbons (Fsp3) is 0.471. The minimum absolute atomic E-state index is 0.00707. The molecule has 1 aromatic carbocycles. The van der Waals surface area contributed by atoms with Crippen molar-refractivity contribution in [1.82, 2.24) is 4.90 Å². The SMILES string of the molecule is Cc1c(C(=O)C(C)CN2CCCC2)oc2ccccc12. The number of aryl methyl sites for hydroxylation is 1. The number of hydrogen-bond donors (Lipinski definition) is 0. The number of fused-ring (bicyclic) bond motifs is 1. The first kappa shape index (κ1) is 13.4. The van der Waals surface area contributed by atoms with Crippen LogP contribution < -0.4 is 0 Å². The predicted molar refractivity (Wildman–Crippen MR) is 80.1 cm³/mol. The van der Waals surface area contributed by atoms with Gasteiger partial charge in [0.15, 0.2) is 5.76 Å². The van der Waals surface area contributed by atoms with Gasteiger partial charge in [-0.25, -0.2) is 0 Å². The lowest BCUT2D eigenvalue weighted by Gasteiger charge is -2.18. The lowest BCUT2D eigenvalue weighted by molar-refractivity contribution is 0.0876. The fourth-order valence-corrected chi connectivity index (χ4v) is 3.07. The molecule has 1 aliphatic heterocycles. The Morgan fingerprint density at radius 2 is 2.00 bits per heavy atom. The van der Waals surface area contributed by atoms with Crippen LogP contribution in [-0.2, 0) is 0 Å². The average molecular weight is 271 g/mol. The van der Waals surface area contributed by atoms with Crippen LogP contribution in [0.1, 0.15) is 35.9 Å². The van der Waals surface area contributed by atoms with Gasteiger partial charge < -0.3 is 9.32 Å². The number of para-hydroxylation sites is 1. The third-order valence-corrected chi connectivity index (χ3v) is 4.25. The van der Waals surface area contributed by atoms with Gasteiger partial charge in [0, 0.05) is 23.4 Å². The van der Waals surface area contributed by atoms with Gasteiger partial charge in [-0.05, 0) is 38.9 Å². The van der Waals surface area contributed by atoms with Crippen LogP contribution in [0.25, 0.3) is 11.0 Å². The molecule has 0 bridgehead atoms. The number of carbonyl (C=O) groups is 1. The Morgan fingerprint density at radius 3 is 2.70 bits per heavy atom. The van der Waals surface area contributed by atoms with Gasteiger partial charge in [0.05, 0.1) is 0 Å². The summed E-state index contributed by atoms with van der Waals surface area (Å²) in [7, 11) is 0. The highest BCUT2D eigenvalue weighted by Crippen LogP contribution is 2.27. The molecule has 1 atom stereocenters. The molecule has 1 saturated heterocycles. The fourth-order valence-electron chi connectivity index (χ4n) is 3.07. The number of likely N-dealkylation sites (tertiary alicyclic amines) is 1. The number of benzene rings is 1. The second-order valence-electron chi connectivity index (χ2n) is 5.83. The topological polar surface area (TPSA) is 33.5 Å². The maximum Gasteiger partial charge on any atom is 0.202 e. The van der Waals surface area contributed by atoms with Crippen LogP contribution in [0, 0.1) is 12.8 Å².